The van der Waals surface area contributed by atoms with Gasteiger partial charge in [0.15, 0.2) is 12.4 Å². The second-order valence-corrected chi connectivity index (χ2v) is 25.2. The summed E-state index contributed by atoms with van der Waals surface area (Å²) in [4.78, 5) is 45.7. The maximum absolute atomic E-state index is 15.2. The zero-order valence-electron chi connectivity index (χ0n) is 45.3. The lowest BCUT2D eigenvalue weighted by Gasteiger charge is -2.51. The number of hydrogen-bond acceptors (Lipinski definition) is 16. The van der Waals surface area contributed by atoms with Crippen molar-refractivity contribution in [1.29, 1.82) is 0 Å². The third-order valence-electron chi connectivity index (χ3n) is 14.1. The Morgan fingerprint density at radius 3 is 1.48 bits per heavy atom. The Hall–Kier alpha value is -4.73. The Bertz CT molecular complexity index is 3170. The van der Waals surface area contributed by atoms with Crippen LogP contribution in [0.3, 0.4) is 0 Å². The summed E-state index contributed by atoms with van der Waals surface area (Å²) in [5, 5.41) is -1.15. The van der Waals surface area contributed by atoms with Crippen molar-refractivity contribution in [1.82, 2.24) is 4.90 Å². The van der Waals surface area contributed by atoms with Gasteiger partial charge >= 0.3 is 13.8 Å². The normalized spacial score (nSPS) is 25.7. The number of rotatable bonds is 22. The highest BCUT2D eigenvalue weighted by molar-refractivity contribution is 7.99. The van der Waals surface area contributed by atoms with Gasteiger partial charge < -0.3 is 37.9 Å². The molecule has 3 saturated heterocycles. The van der Waals surface area contributed by atoms with E-state index in [1.807, 2.05) is 166 Å². The number of amides is 2. The maximum atomic E-state index is 15.2. The van der Waals surface area contributed by atoms with E-state index in [1.54, 1.807) is 0 Å². The molecule has 0 saturated carbocycles. The Morgan fingerprint density at radius 1 is 0.578 bits per heavy atom. The Labute approximate surface area is 505 Å². The van der Waals surface area contributed by atoms with Crippen LogP contribution >= 0.6 is 66.0 Å². The minimum Gasteiger partial charge on any atom is -0.457 e. The van der Waals surface area contributed by atoms with Gasteiger partial charge in [0.05, 0.1) is 84.1 Å². The first-order valence-corrected chi connectivity index (χ1v) is 30.6. The molecule has 83 heavy (non-hydrogen) atoms. The van der Waals surface area contributed by atoms with Gasteiger partial charge in [0, 0.05) is 17.2 Å². The van der Waals surface area contributed by atoms with E-state index in [0.717, 1.165) is 38.9 Å². The fraction of sp³-hybridized carbons (Fsp3) is 0.361. The molecule has 438 valence electrons. The minimum absolute atomic E-state index is 0.0124. The molecule has 0 N–H and O–H groups in total. The monoisotopic (exact) mass is 1250 g/mol. The number of thioether (sulfide) groups is 1. The van der Waals surface area contributed by atoms with Gasteiger partial charge in [-0.25, -0.2) is 4.57 Å². The fourth-order valence-corrected chi connectivity index (χ4v) is 13.9. The van der Waals surface area contributed by atoms with E-state index < -0.39 is 91.5 Å². The molecule has 0 aliphatic carbocycles. The number of phosphoric acid groups is 1. The van der Waals surface area contributed by atoms with Crippen LogP contribution in [-0.2, 0) is 87.3 Å². The van der Waals surface area contributed by atoms with Gasteiger partial charge in [-0.15, -0.1) is 0 Å². The highest BCUT2D eigenvalue weighted by Gasteiger charge is 2.60. The quantitative estimate of drug-likeness (QED) is 0.0206. The molecule has 4 heterocycles. The minimum atomic E-state index is -4.54. The van der Waals surface area contributed by atoms with E-state index in [4.69, 9.17) is 97.9 Å². The standard InChI is InChI=1S/C61H60Cl4NO15PS/c1-37(67)77-54-51(66-57(68)45-46(58(66)69)48(63)50(65)49(64)47(45)62)60(83-42-27-17-8-18-28-42)79-44(34-72-30-39-21-11-5-12-22-39)53(54)80-59-56(81-82(70)75-35-61(2,3)36-76-82)55(74-32-41-25-15-7-16-26-41)52(73-31-40-23-13-6-14-24-40)43(78-59)33-71-29-38-19-9-4-10-20-38/h4-28,43-44,51-56,59-60H,29-36H2,1-3H3/t43-,44-,51-,52-,53-,54-,55+,56-,59+,60+/m1/s1. The number of phosphoric ester groups is 1. The summed E-state index contributed by atoms with van der Waals surface area (Å²) in [6, 6.07) is 45.3. The summed E-state index contributed by atoms with van der Waals surface area (Å²) in [6.45, 7) is 4.88. The zero-order valence-corrected chi connectivity index (χ0v) is 50.0. The molecule has 4 aliphatic heterocycles. The SMILES string of the molecule is CC(=O)O[C@H]1[C@H](O[C@@H]2O[C@H](COCc3ccccc3)[C@@H](OCc3ccccc3)[C@H](OCc3ccccc3)[C@H]2OP2(=O)OCC(C)(C)CO2)[C@@H](COCc2ccccc2)O[C@@H](Sc2ccccc2)[C@@H]1N1C(=O)c2c(Cl)c(Cl)c(Cl)c(Cl)c2C1=O. The maximum Gasteiger partial charge on any atom is 0.475 e. The summed E-state index contributed by atoms with van der Waals surface area (Å²) in [6.07, 6.45) is -11.0. The first-order chi connectivity index (χ1) is 40.1. The molecule has 0 unspecified atom stereocenters. The molecule has 6 aromatic carbocycles. The molecule has 0 aromatic heterocycles. The third kappa shape index (κ3) is 14.8. The van der Waals surface area contributed by atoms with Crippen molar-refractivity contribution in [3.05, 3.63) is 205 Å². The van der Waals surface area contributed by atoms with E-state index in [0.29, 0.717) is 4.90 Å². The molecule has 10 atom stereocenters. The summed E-state index contributed by atoms with van der Waals surface area (Å²) < 4.78 is 88.4. The zero-order chi connectivity index (χ0) is 58.3. The van der Waals surface area contributed by atoms with Gasteiger partial charge in [-0.05, 0) is 34.4 Å². The van der Waals surface area contributed by atoms with Crippen LogP contribution in [0.25, 0.3) is 0 Å². The second kappa shape index (κ2) is 27.8. The number of carbonyl (C=O) groups is 3. The number of carbonyl (C=O) groups excluding carboxylic acids is 3. The van der Waals surface area contributed by atoms with Crippen LogP contribution in [0, 0.1) is 5.41 Å². The highest BCUT2D eigenvalue weighted by atomic mass is 35.5. The summed E-state index contributed by atoms with van der Waals surface area (Å²) in [7, 11) is -4.54. The van der Waals surface area contributed by atoms with E-state index in [-0.39, 0.29) is 84.1 Å². The van der Waals surface area contributed by atoms with Crippen LogP contribution < -0.4 is 0 Å². The van der Waals surface area contributed by atoms with Crippen LogP contribution in [0.5, 0.6) is 0 Å². The second-order valence-electron chi connectivity index (χ2n) is 20.9. The number of benzene rings is 6. The van der Waals surface area contributed by atoms with Crippen LogP contribution in [0.4, 0.5) is 0 Å². The fourth-order valence-electron chi connectivity index (χ4n) is 10.00. The number of fused-ring (bicyclic) bond motifs is 1. The van der Waals surface area contributed by atoms with Gasteiger partial charge in [0.25, 0.3) is 11.8 Å². The smallest absolute Gasteiger partial charge is 0.457 e. The van der Waals surface area contributed by atoms with Crippen molar-refractivity contribution in [2.24, 2.45) is 5.41 Å². The van der Waals surface area contributed by atoms with Crippen molar-refractivity contribution in [3.8, 4) is 0 Å². The van der Waals surface area contributed by atoms with Gasteiger partial charge in [-0.1, -0.05) is 212 Å². The van der Waals surface area contributed by atoms with Crippen molar-refractivity contribution in [3.63, 3.8) is 0 Å². The van der Waals surface area contributed by atoms with E-state index >= 15 is 14.2 Å². The lowest BCUT2D eigenvalue weighted by Crippen LogP contribution is -2.68. The molecule has 0 radical (unpaired) electrons. The molecular weight excluding hydrogens is 1190 g/mol. The summed E-state index contributed by atoms with van der Waals surface area (Å²) in [5.74, 6) is -2.71. The van der Waals surface area contributed by atoms with E-state index in [2.05, 4.69) is 0 Å². The lowest BCUT2D eigenvalue weighted by atomic mass is 9.94. The molecule has 10 rings (SSSR count). The largest absolute Gasteiger partial charge is 0.475 e. The Balaban J connectivity index is 1.11. The van der Waals surface area contributed by atoms with Crippen molar-refractivity contribution < 1.29 is 70.4 Å². The predicted molar refractivity (Wildman–Crippen MR) is 311 cm³/mol. The van der Waals surface area contributed by atoms with E-state index in [1.165, 1.54) is 6.92 Å². The summed E-state index contributed by atoms with van der Waals surface area (Å²) >= 11 is 27.8. The van der Waals surface area contributed by atoms with Gasteiger partial charge in [-0.3, -0.25) is 32.9 Å². The number of hydrogen-bond donors (Lipinski definition) is 0. The number of nitrogens with zero attached hydrogens (tertiary/aromatic N) is 1. The van der Waals surface area contributed by atoms with Crippen molar-refractivity contribution in [2.75, 3.05) is 26.4 Å². The molecule has 0 bridgehead atoms. The molecule has 6 aromatic rings. The van der Waals surface area contributed by atoms with Crippen LogP contribution in [0.1, 0.15) is 63.7 Å². The highest BCUT2D eigenvalue weighted by Crippen LogP contribution is 2.57. The summed E-state index contributed by atoms with van der Waals surface area (Å²) in [5.41, 5.74) is 0.849. The Kier molecular flexibility index (Phi) is 20.5. The molecule has 22 heteroatoms. The van der Waals surface area contributed by atoms with Crippen LogP contribution in [-0.4, -0.2) is 110 Å². The van der Waals surface area contributed by atoms with Crippen molar-refractivity contribution in [2.45, 2.75) is 113 Å². The van der Waals surface area contributed by atoms with E-state index in [9.17, 15) is 4.79 Å². The van der Waals surface area contributed by atoms with Crippen molar-refractivity contribution >= 4 is 83.8 Å². The first kappa shape index (κ1) is 61.4. The molecule has 16 nitrogen and oxygen atoms in total. The molecular formula is C61H60Cl4NO15PS. The first-order valence-electron chi connectivity index (χ1n) is 26.8. The average Bonchev–Trinajstić information content (AvgIpc) is 3.03. The third-order valence-corrected chi connectivity index (χ3v) is 18.4. The van der Waals surface area contributed by atoms with Gasteiger partial charge in [0.2, 0.25) is 0 Å². The van der Waals surface area contributed by atoms with Gasteiger partial charge in [-0.2, -0.15) is 0 Å². The topological polar surface area (TPSA) is 173 Å². The average molecular weight is 1250 g/mol. The molecule has 3 fully saturated rings. The predicted octanol–water partition coefficient (Wildman–Crippen LogP) is 13.0. The number of halogens is 4. The number of ether oxygens (including phenoxy) is 8. The molecule has 2 amide bonds. The lowest BCUT2D eigenvalue weighted by molar-refractivity contribution is -0.344. The number of imide groups is 1. The van der Waals surface area contributed by atoms with Gasteiger partial charge in [0.1, 0.15) is 48.1 Å². The molecule has 0 spiro atoms. The van der Waals surface area contributed by atoms with Crippen LogP contribution in [0.15, 0.2) is 157 Å². The Morgan fingerprint density at radius 2 is 1.01 bits per heavy atom. The number of esters is 1. The molecule has 4 aliphatic rings. The van der Waals surface area contributed by atoms with Crippen LogP contribution in [0.2, 0.25) is 20.1 Å².